The quantitative estimate of drug-likeness (QED) is 0.262. The Hall–Kier alpha value is -4.97. The highest BCUT2D eigenvalue weighted by atomic mass is 16.2. The van der Waals surface area contributed by atoms with Crippen LogP contribution in [0.4, 0.5) is 0 Å². The van der Waals surface area contributed by atoms with E-state index < -0.39 is 11.6 Å². The van der Waals surface area contributed by atoms with Gasteiger partial charge in [-0.3, -0.25) is 14.2 Å². The highest BCUT2D eigenvalue weighted by molar-refractivity contribution is 5.89. The molecule has 0 aliphatic heterocycles. The fraction of sp³-hybridized carbons (Fsp3) is 0.147. The number of para-hydroxylation sites is 3. The molecule has 0 saturated heterocycles. The topological polar surface area (TPSA) is 79.8 Å². The van der Waals surface area contributed by atoms with Crippen LogP contribution in [0, 0.1) is 0 Å². The van der Waals surface area contributed by atoms with Crippen molar-refractivity contribution in [3.63, 3.8) is 0 Å². The molecular weight excluding hydrogens is 496 g/mol. The number of nitrogens with one attached hydrogen (secondary N) is 2. The lowest BCUT2D eigenvalue weighted by molar-refractivity contribution is -0.124. The van der Waals surface area contributed by atoms with Crippen LogP contribution in [0.15, 0.2) is 114 Å². The number of rotatable bonds is 5. The molecule has 2 N–H and O–H groups in total. The minimum Gasteiger partial charge on any atom is -0.353 e. The van der Waals surface area contributed by atoms with Crippen molar-refractivity contribution in [2.75, 3.05) is 0 Å². The third kappa shape index (κ3) is 4.80. The number of carbonyl (C=O) groups excluding carboxylic acids is 1. The summed E-state index contributed by atoms with van der Waals surface area (Å²) >= 11 is 0. The highest BCUT2D eigenvalue weighted by Gasteiger charge is 2.30. The Morgan fingerprint density at radius 3 is 2.20 bits per heavy atom. The number of benzene rings is 4. The smallest absolute Gasteiger partial charge is 0.280 e. The maximum absolute atomic E-state index is 14.3. The largest absolute Gasteiger partial charge is 0.353 e. The third-order valence-corrected chi connectivity index (χ3v) is 6.92. The summed E-state index contributed by atoms with van der Waals surface area (Å²) in [4.78, 5) is 36.4. The molecular formula is C34H30N4O2. The van der Waals surface area contributed by atoms with Gasteiger partial charge >= 0.3 is 0 Å². The first-order valence-corrected chi connectivity index (χ1v) is 13.4. The molecule has 0 aliphatic carbocycles. The van der Waals surface area contributed by atoms with Crippen molar-refractivity contribution in [1.82, 2.24) is 19.9 Å². The second kappa shape index (κ2) is 9.97. The van der Waals surface area contributed by atoms with Crippen LogP contribution in [-0.2, 0) is 4.79 Å². The number of hydrogen-bond donors (Lipinski definition) is 2. The van der Waals surface area contributed by atoms with Crippen molar-refractivity contribution in [3.05, 3.63) is 125 Å². The average Bonchev–Trinajstić information content (AvgIpc) is 3.38. The van der Waals surface area contributed by atoms with Gasteiger partial charge in [-0.1, -0.05) is 84.9 Å². The molecule has 6 heteroatoms. The summed E-state index contributed by atoms with van der Waals surface area (Å²) in [6.45, 7) is 5.80. The molecule has 40 heavy (non-hydrogen) atoms. The van der Waals surface area contributed by atoms with E-state index in [4.69, 9.17) is 4.98 Å². The molecule has 1 atom stereocenters. The predicted octanol–water partition coefficient (Wildman–Crippen LogP) is 6.72. The standard InChI is InChI=1S/C34H30N4O2/c1-34(2,3)37-32(39)31(24-19-17-23(18-20-24)22-11-5-4-6-12-22)38-29-16-10-9-15-27(29)36-30(33(38)40)28-21-25-13-7-8-14-26(25)35-28/h4-21,31,35H,1-3H3,(H,37,39). The summed E-state index contributed by atoms with van der Waals surface area (Å²) in [5.41, 5.74) is 5.00. The van der Waals surface area contributed by atoms with E-state index in [1.165, 1.54) is 0 Å². The molecule has 2 heterocycles. The number of aromatic amines is 1. The maximum atomic E-state index is 14.3. The number of aromatic nitrogens is 3. The van der Waals surface area contributed by atoms with Gasteiger partial charge in [0.25, 0.3) is 5.56 Å². The molecule has 6 nitrogen and oxygen atoms in total. The summed E-state index contributed by atoms with van der Waals surface area (Å²) in [6, 6.07) is 34.3. The van der Waals surface area contributed by atoms with Gasteiger partial charge in [0, 0.05) is 16.4 Å². The molecule has 0 fully saturated rings. The van der Waals surface area contributed by atoms with Gasteiger partial charge in [0.1, 0.15) is 6.04 Å². The lowest BCUT2D eigenvalue weighted by atomic mass is 9.98. The van der Waals surface area contributed by atoms with Crippen molar-refractivity contribution in [2.24, 2.45) is 0 Å². The van der Waals surface area contributed by atoms with Crippen LogP contribution in [0.3, 0.4) is 0 Å². The second-order valence-electron chi connectivity index (χ2n) is 11.0. The number of fused-ring (bicyclic) bond motifs is 2. The Bertz CT molecular complexity index is 1860. The maximum Gasteiger partial charge on any atom is 0.280 e. The summed E-state index contributed by atoms with van der Waals surface area (Å²) in [6.07, 6.45) is 0. The van der Waals surface area contributed by atoms with Gasteiger partial charge in [0.05, 0.1) is 16.7 Å². The second-order valence-corrected chi connectivity index (χ2v) is 11.0. The van der Waals surface area contributed by atoms with Gasteiger partial charge in [-0.15, -0.1) is 0 Å². The van der Waals surface area contributed by atoms with Gasteiger partial charge < -0.3 is 10.3 Å². The van der Waals surface area contributed by atoms with Crippen LogP contribution in [0.1, 0.15) is 32.4 Å². The molecule has 1 unspecified atom stereocenters. The first-order valence-electron chi connectivity index (χ1n) is 13.4. The highest BCUT2D eigenvalue weighted by Crippen LogP contribution is 2.28. The van der Waals surface area contributed by atoms with E-state index in [1.54, 1.807) is 4.57 Å². The number of amides is 1. The zero-order valence-electron chi connectivity index (χ0n) is 22.7. The van der Waals surface area contributed by atoms with E-state index >= 15 is 0 Å². The fourth-order valence-corrected chi connectivity index (χ4v) is 5.13. The van der Waals surface area contributed by atoms with Gasteiger partial charge in [0.2, 0.25) is 5.91 Å². The molecule has 0 radical (unpaired) electrons. The van der Waals surface area contributed by atoms with Crippen molar-refractivity contribution in [1.29, 1.82) is 0 Å². The minimum atomic E-state index is -0.910. The Kier molecular flexibility index (Phi) is 6.31. The van der Waals surface area contributed by atoms with E-state index in [-0.39, 0.29) is 17.2 Å². The molecule has 198 valence electrons. The molecule has 0 aliphatic rings. The molecule has 0 spiro atoms. The summed E-state index contributed by atoms with van der Waals surface area (Å²) in [5.74, 6) is -0.263. The van der Waals surface area contributed by atoms with Crippen molar-refractivity contribution >= 4 is 27.8 Å². The molecule has 0 bridgehead atoms. The van der Waals surface area contributed by atoms with E-state index in [9.17, 15) is 9.59 Å². The Balaban J connectivity index is 1.57. The normalized spacial score (nSPS) is 12.5. The lowest BCUT2D eigenvalue weighted by Crippen LogP contribution is -2.46. The lowest BCUT2D eigenvalue weighted by Gasteiger charge is -2.27. The molecule has 6 rings (SSSR count). The minimum absolute atomic E-state index is 0.263. The van der Waals surface area contributed by atoms with E-state index in [0.717, 1.165) is 22.0 Å². The number of nitrogens with zero attached hydrogens (tertiary/aromatic N) is 2. The average molecular weight is 527 g/mol. The molecule has 2 aromatic heterocycles. The van der Waals surface area contributed by atoms with Crippen molar-refractivity contribution in [3.8, 4) is 22.5 Å². The third-order valence-electron chi connectivity index (χ3n) is 6.92. The Morgan fingerprint density at radius 1 is 0.825 bits per heavy atom. The van der Waals surface area contributed by atoms with Crippen LogP contribution in [0.5, 0.6) is 0 Å². The fourth-order valence-electron chi connectivity index (χ4n) is 5.13. The Morgan fingerprint density at radius 2 is 1.48 bits per heavy atom. The molecule has 1 amide bonds. The van der Waals surface area contributed by atoms with E-state index in [1.807, 2.05) is 130 Å². The van der Waals surface area contributed by atoms with Crippen LogP contribution >= 0.6 is 0 Å². The van der Waals surface area contributed by atoms with Crippen LogP contribution < -0.4 is 10.9 Å². The van der Waals surface area contributed by atoms with Crippen LogP contribution in [-0.4, -0.2) is 26.0 Å². The first-order chi connectivity index (χ1) is 19.3. The number of H-pyrrole nitrogens is 1. The molecule has 6 aromatic rings. The summed E-state index contributed by atoms with van der Waals surface area (Å²) in [5, 5.41) is 4.09. The van der Waals surface area contributed by atoms with Crippen LogP contribution in [0.25, 0.3) is 44.5 Å². The van der Waals surface area contributed by atoms with Gasteiger partial charge in [-0.2, -0.15) is 0 Å². The number of carbonyl (C=O) groups is 1. The summed E-state index contributed by atoms with van der Waals surface area (Å²) in [7, 11) is 0. The van der Waals surface area contributed by atoms with Crippen molar-refractivity contribution < 1.29 is 4.79 Å². The van der Waals surface area contributed by atoms with Crippen LogP contribution in [0.2, 0.25) is 0 Å². The zero-order chi connectivity index (χ0) is 27.9. The SMILES string of the molecule is CC(C)(C)NC(=O)C(c1ccc(-c2ccccc2)cc1)n1c(=O)c(-c2cc3ccccc3[nH]2)nc2ccccc21. The van der Waals surface area contributed by atoms with Gasteiger partial charge in [-0.05, 0) is 61.7 Å². The molecule has 0 saturated carbocycles. The predicted molar refractivity (Wildman–Crippen MR) is 161 cm³/mol. The number of hydrogen-bond acceptors (Lipinski definition) is 3. The first kappa shape index (κ1) is 25.3. The molecule has 4 aromatic carbocycles. The zero-order valence-corrected chi connectivity index (χ0v) is 22.7. The van der Waals surface area contributed by atoms with Gasteiger partial charge in [0.15, 0.2) is 5.69 Å². The van der Waals surface area contributed by atoms with Crippen molar-refractivity contribution in [2.45, 2.75) is 32.4 Å². The van der Waals surface area contributed by atoms with E-state index in [0.29, 0.717) is 22.3 Å². The Labute approximate surface area is 232 Å². The monoisotopic (exact) mass is 526 g/mol. The van der Waals surface area contributed by atoms with Gasteiger partial charge in [-0.25, -0.2) is 4.98 Å². The van der Waals surface area contributed by atoms with E-state index in [2.05, 4.69) is 10.3 Å². The summed E-state index contributed by atoms with van der Waals surface area (Å²) < 4.78 is 1.59.